The van der Waals surface area contributed by atoms with E-state index in [1.165, 1.54) is 11.8 Å². The first-order valence-electron chi connectivity index (χ1n) is 11.5. The molecule has 0 saturated heterocycles. The summed E-state index contributed by atoms with van der Waals surface area (Å²) in [5, 5.41) is -0.0160. The van der Waals surface area contributed by atoms with E-state index in [2.05, 4.69) is 4.99 Å². The van der Waals surface area contributed by atoms with Crippen molar-refractivity contribution in [2.24, 2.45) is 4.99 Å². The zero-order valence-electron chi connectivity index (χ0n) is 20.2. The number of carbonyl (C=O) groups is 2. The van der Waals surface area contributed by atoms with Gasteiger partial charge in [-0.2, -0.15) is 0 Å². The topological polar surface area (TPSA) is 71.4 Å². The number of hydrogen-bond donors (Lipinski definition) is 0. The average Bonchev–Trinajstić information content (AvgIpc) is 3.48. The van der Waals surface area contributed by atoms with Gasteiger partial charge >= 0.3 is 0 Å². The van der Waals surface area contributed by atoms with Gasteiger partial charge in [0.25, 0.3) is 5.91 Å². The van der Waals surface area contributed by atoms with E-state index in [1.807, 2.05) is 86.6 Å². The smallest absolute Gasteiger partial charge is 0.283 e. The number of rotatable bonds is 5. The lowest BCUT2D eigenvalue weighted by Gasteiger charge is -2.23. The number of aryl methyl sites for hydroxylation is 1. The maximum Gasteiger partial charge on any atom is 0.283 e. The number of hydrogen-bond acceptors (Lipinski definition) is 6. The average molecular weight is 500 g/mol. The van der Waals surface area contributed by atoms with Crippen LogP contribution < -0.4 is 19.3 Å². The van der Waals surface area contributed by atoms with Crippen molar-refractivity contribution in [2.75, 3.05) is 23.6 Å². The minimum Gasteiger partial charge on any atom is -0.454 e. The molecule has 1 atom stereocenters. The van der Waals surface area contributed by atoms with Crippen LogP contribution in [-0.2, 0) is 9.59 Å². The molecular weight excluding hydrogens is 474 g/mol. The van der Waals surface area contributed by atoms with Gasteiger partial charge in [-0.25, -0.2) is 4.99 Å². The quantitative estimate of drug-likeness (QED) is 0.449. The van der Waals surface area contributed by atoms with E-state index in [-0.39, 0.29) is 24.3 Å². The lowest BCUT2D eigenvalue weighted by atomic mass is 10.1. The Labute approximate surface area is 214 Å². The SMILES string of the molecule is Cc1ccc(N2C(=O)/C(=C\c3ccc4c(c3)OCO4)N=C2S[C@H](C)C(=O)N(C)c2ccccc2)cc1. The molecule has 3 aromatic carbocycles. The number of aliphatic imine (C=N–C) groups is 1. The van der Waals surface area contributed by atoms with Crippen molar-refractivity contribution in [1.29, 1.82) is 0 Å². The molecule has 2 heterocycles. The Morgan fingerprint density at radius 1 is 1.06 bits per heavy atom. The van der Waals surface area contributed by atoms with Crippen molar-refractivity contribution in [3.05, 3.63) is 89.6 Å². The summed E-state index contributed by atoms with van der Waals surface area (Å²) in [7, 11) is 1.75. The molecule has 3 aromatic rings. The Kier molecular flexibility index (Phi) is 6.52. The molecule has 0 spiro atoms. The molecule has 0 fully saturated rings. The number of ether oxygens (including phenoxy) is 2. The molecule has 0 unspecified atom stereocenters. The van der Waals surface area contributed by atoms with E-state index in [0.29, 0.717) is 22.4 Å². The number of nitrogens with zero attached hydrogens (tertiary/aromatic N) is 3. The summed E-state index contributed by atoms with van der Waals surface area (Å²) in [6, 6.07) is 22.6. The van der Waals surface area contributed by atoms with E-state index in [9.17, 15) is 9.59 Å². The van der Waals surface area contributed by atoms with E-state index in [1.54, 1.807) is 22.9 Å². The highest BCUT2D eigenvalue weighted by Crippen LogP contribution is 2.35. The minimum atomic E-state index is -0.473. The number of thioether (sulfide) groups is 1. The van der Waals surface area contributed by atoms with Gasteiger partial charge in [0.05, 0.1) is 10.9 Å². The maximum absolute atomic E-state index is 13.5. The Morgan fingerprint density at radius 3 is 2.53 bits per heavy atom. The number of amidine groups is 1. The van der Waals surface area contributed by atoms with Crippen LogP contribution in [0.3, 0.4) is 0 Å². The van der Waals surface area contributed by atoms with E-state index >= 15 is 0 Å². The van der Waals surface area contributed by atoms with Crippen LogP contribution in [0.4, 0.5) is 11.4 Å². The molecule has 0 N–H and O–H groups in total. The first-order chi connectivity index (χ1) is 17.4. The van der Waals surface area contributed by atoms with Crippen molar-refractivity contribution < 1.29 is 19.1 Å². The van der Waals surface area contributed by atoms with Crippen LogP contribution in [0.15, 0.2) is 83.5 Å². The lowest BCUT2D eigenvalue weighted by molar-refractivity contribution is -0.117. The van der Waals surface area contributed by atoms with Gasteiger partial charge < -0.3 is 14.4 Å². The third-order valence-corrected chi connectivity index (χ3v) is 6.97. The zero-order chi connectivity index (χ0) is 25.2. The highest BCUT2D eigenvalue weighted by molar-refractivity contribution is 8.15. The van der Waals surface area contributed by atoms with Crippen molar-refractivity contribution in [3.8, 4) is 11.5 Å². The molecule has 2 aliphatic heterocycles. The van der Waals surface area contributed by atoms with E-state index in [0.717, 1.165) is 16.8 Å². The van der Waals surface area contributed by atoms with Gasteiger partial charge in [0.2, 0.25) is 12.7 Å². The summed E-state index contributed by atoms with van der Waals surface area (Å²) in [6.07, 6.45) is 1.72. The number of anilines is 2. The number of fused-ring (bicyclic) bond motifs is 1. The van der Waals surface area contributed by atoms with Gasteiger partial charge in [0.15, 0.2) is 16.7 Å². The van der Waals surface area contributed by atoms with Crippen LogP contribution in [0, 0.1) is 6.92 Å². The highest BCUT2D eigenvalue weighted by Gasteiger charge is 2.35. The highest BCUT2D eigenvalue weighted by atomic mass is 32.2. The first kappa shape index (κ1) is 23.7. The summed E-state index contributed by atoms with van der Waals surface area (Å²) >= 11 is 1.26. The Bertz CT molecular complexity index is 1370. The summed E-state index contributed by atoms with van der Waals surface area (Å²) in [6.45, 7) is 3.99. The van der Waals surface area contributed by atoms with Gasteiger partial charge in [-0.3, -0.25) is 14.5 Å². The molecule has 0 aliphatic carbocycles. The molecule has 0 saturated carbocycles. The van der Waals surface area contributed by atoms with E-state index in [4.69, 9.17) is 9.47 Å². The third kappa shape index (κ3) is 4.72. The Balaban J connectivity index is 1.45. The lowest BCUT2D eigenvalue weighted by Crippen LogP contribution is -2.36. The fourth-order valence-electron chi connectivity index (χ4n) is 3.92. The van der Waals surface area contributed by atoms with Crippen molar-refractivity contribution >= 4 is 46.2 Å². The monoisotopic (exact) mass is 499 g/mol. The van der Waals surface area contributed by atoms with Crippen LogP contribution in [0.5, 0.6) is 11.5 Å². The number of benzene rings is 3. The molecular formula is C28H25N3O4S. The molecule has 0 bridgehead atoms. The standard InChI is InChI=1S/C28H25N3O4S/c1-18-9-12-22(13-10-18)31-27(33)23(15-20-11-14-24-25(16-20)35-17-34-24)29-28(31)36-19(2)26(32)30(3)21-7-5-4-6-8-21/h4-16,19H,17H2,1-3H3/b23-15+/t19-/m1/s1. The second-order valence-electron chi connectivity index (χ2n) is 8.51. The summed E-state index contributed by atoms with van der Waals surface area (Å²) in [5.74, 6) is 0.964. The molecule has 182 valence electrons. The molecule has 7 nitrogen and oxygen atoms in total. The van der Waals surface area contributed by atoms with Crippen LogP contribution in [0.25, 0.3) is 6.08 Å². The fourth-order valence-corrected chi connectivity index (χ4v) is 4.94. The third-order valence-electron chi connectivity index (χ3n) is 5.93. The molecule has 0 aromatic heterocycles. The van der Waals surface area contributed by atoms with Crippen LogP contribution in [-0.4, -0.2) is 36.1 Å². The predicted molar refractivity (Wildman–Crippen MR) is 144 cm³/mol. The second-order valence-corrected chi connectivity index (χ2v) is 9.81. The van der Waals surface area contributed by atoms with Gasteiger partial charge in [-0.15, -0.1) is 0 Å². The van der Waals surface area contributed by atoms with Crippen LogP contribution >= 0.6 is 11.8 Å². The van der Waals surface area contributed by atoms with Crippen molar-refractivity contribution in [3.63, 3.8) is 0 Å². The van der Waals surface area contributed by atoms with Gasteiger partial charge in [0.1, 0.15) is 5.70 Å². The zero-order valence-corrected chi connectivity index (χ0v) is 21.0. The normalized spacial score (nSPS) is 16.3. The van der Waals surface area contributed by atoms with Crippen molar-refractivity contribution in [1.82, 2.24) is 0 Å². The molecule has 2 aliphatic rings. The van der Waals surface area contributed by atoms with Crippen molar-refractivity contribution in [2.45, 2.75) is 19.1 Å². The van der Waals surface area contributed by atoms with Gasteiger partial charge in [-0.05, 0) is 61.9 Å². The number of amides is 2. The van der Waals surface area contributed by atoms with Crippen LogP contribution in [0.1, 0.15) is 18.1 Å². The van der Waals surface area contributed by atoms with E-state index < -0.39 is 5.25 Å². The molecule has 0 radical (unpaired) electrons. The van der Waals surface area contributed by atoms with Gasteiger partial charge in [0, 0.05) is 12.7 Å². The number of para-hydroxylation sites is 1. The second kappa shape index (κ2) is 9.91. The molecule has 36 heavy (non-hydrogen) atoms. The maximum atomic E-state index is 13.5. The Morgan fingerprint density at radius 2 is 1.78 bits per heavy atom. The molecule has 2 amide bonds. The predicted octanol–water partition coefficient (Wildman–Crippen LogP) is 5.25. The fraction of sp³-hybridized carbons (Fsp3) is 0.179. The number of carbonyl (C=O) groups excluding carboxylic acids is 2. The van der Waals surface area contributed by atoms with Crippen LogP contribution in [0.2, 0.25) is 0 Å². The van der Waals surface area contributed by atoms with Gasteiger partial charge in [-0.1, -0.05) is 53.7 Å². The Hall–Kier alpha value is -4.04. The minimum absolute atomic E-state index is 0.0848. The molecule has 5 rings (SSSR count). The first-order valence-corrected chi connectivity index (χ1v) is 12.4. The summed E-state index contributed by atoms with van der Waals surface area (Å²) < 4.78 is 10.8. The summed E-state index contributed by atoms with van der Waals surface area (Å²) in [4.78, 5) is 34.6. The molecule has 8 heteroatoms. The largest absolute Gasteiger partial charge is 0.454 e. The summed E-state index contributed by atoms with van der Waals surface area (Å²) in [5.41, 5.74) is 3.64.